The van der Waals surface area contributed by atoms with Crippen molar-refractivity contribution in [2.75, 3.05) is 6.54 Å². The zero-order valence-corrected chi connectivity index (χ0v) is 14.5. The zero-order valence-electron chi connectivity index (χ0n) is 12.1. The molecule has 0 atom stereocenters. The van der Waals surface area contributed by atoms with Crippen LogP contribution in [0.3, 0.4) is 0 Å². The van der Waals surface area contributed by atoms with Crippen LogP contribution < -0.4 is 5.32 Å². The van der Waals surface area contributed by atoms with Crippen molar-refractivity contribution in [3.05, 3.63) is 40.6 Å². The summed E-state index contributed by atoms with van der Waals surface area (Å²) < 4.78 is 3.14. The third kappa shape index (κ3) is 4.36. The maximum Gasteiger partial charge on any atom is 0.172 e. The molecule has 0 aliphatic rings. The summed E-state index contributed by atoms with van der Waals surface area (Å²) in [6.07, 6.45) is 3.80. The summed E-state index contributed by atoms with van der Waals surface area (Å²) in [6.45, 7) is 6.36. The van der Waals surface area contributed by atoms with Crippen molar-refractivity contribution in [3.63, 3.8) is 0 Å². The molecule has 0 fully saturated rings. The number of rotatable bonds is 6. The van der Waals surface area contributed by atoms with Crippen molar-refractivity contribution in [2.45, 2.75) is 30.4 Å². The van der Waals surface area contributed by atoms with E-state index in [1.54, 1.807) is 11.8 Å². The second-order valence-electron chi connectivity index (χ2n) is 5.20. The number of benzene rings is 1. The highest BCUT2D eigenvalue weighted by Crippen LogP contribution is 2.31. The van der Waals surface area contributed by atoms with Gasteiger partial charge in [-0.15, -0.1) is 0 Å². The number of nitrogens with zero attached hydrogens (tertiary/aromatic N) is 2. The molecule has 0 aliphatic carbocycles. The number of aryl methyl sites for hydroxylation is 1. The Balaban J connectivity index is 2.13. The maximum absolute atomic E-state index is 4.38. The van der Waals surface area contributed by atoms with E-state index in [0.29, 0.717) is 5.92 Å². The van der Waals surface area contributed by atoms with Gasteiger partial charge >= 0.3 is 0 Å². The van der Waals surface area contributed by atoms with Gasteiger partial charge in [0.05, 0.1) is 0 Å². The first-order chi connectivity index (χ1) is 9.56. The SMILES string of the molecule is CC(C)CNCc1ccc(Br)cc1Sc1nccn1C. The summed E-state index contributed by atoms with van der Waals surface area (Å²) in [4.78, 5) is 5.62. The Kier molecular flexibility index (Phi) is 5.69. The normalized spacial score (nSPS) is 11.2. The number of halogens is 1. The standard InChI is InChI=1S/C15H20BrN3S/c1-11(2)9-17-10-12-4-5-13(16)8-14(12)20-15-18-6-7-19(15)3/h4-8,11,17H,9-10H2,1-3H3. The molecule has 0 spiro atoms. The first kappa shape index (κ1) is 15.6. The fraction of sp³-hybridized carbons (Fsp3) is 0.400. The van der Waals surface area contributed by atoms with Gasteiger partial charge in [0, 0.05) is 35.4 Å². The van der Waals surface area contributed by atoms with Crippen molar-refractivity contribution < 1.29 is 0 Å². The van der Waals surface area contributed by atoms with Crippen LogP contribution in [0.25, 0.3) is 0 Å². The predicted octanol–water partition coefficient (Wildman–Crippen LogP) is 4.08. The highest BCUT2D eigenvalue weighted by molar-refractivity contribution is 9.10. The zero-order chi connectivity index (χ0) is 14.5. The molecule has 0 bridgehead atoms. The molecule has 1 heterocycles. The van der Waals surface area contributed by atoms with Gasteiger partial charge in [-0.1, -0.05) is 47.6 Å². The topological polar surface area (TPSA) is 29.9 Å². The van der Waals surface area contributed by atoms with Crippen LogP contribution in [0.5, 0.6) is 0 Å². The summed E-state index contributed by atoms with van der Waals surface area (Å²) in [5.41, 5.74) is 1.31. The molecule has 0 amide bonds. The van der Waals surface area contributed by atoms with E-state index >= 15 is 0 Å². The number of hydrogen-bond acceptors (Lipinski definition) is 3. The van der Waals surface area contributed by atoms with Crippen LogP contribution in [0, 0.1) is 5.92 Å². The van der Waals surface area contributed by atoms with E-state index in [4.69, 9.17) is 0 Å². The van der Waals surface area contributed by atoms with Crippen LogP contribution in [0.1, 0.15) is 19.4 Å². The summed E-state index contributed by atoms with van der Waals surface area (Å²) in [5.74, 6) is 0.663. The monoisotopic (exact) mass is 353 g/mol. The molecule has 1 aromatic heterocycles. The van der Waals surface area contributed by atoms with Gasteiger partial charge in [0.1, 0.15) is 0 Å². The van der Waals surface area contributed by atoms with E-state index in [2.05, 4.69) is 58.3 Å². The third-order valence-corrected chi connectivity index (χ3v) is 4.54. The van der Waals surface area contributed by atoms with Gasteiger partial charge < -0.3 is 9.88 Å². The van der Waals surface area contributed by atoms with E-state index in [0.717, 1.165) is 22.7 Å². The number of hydrogen-bond donors (Lipinski definition) is 1. The van der Waals surface area contributed by atoms with Crippen LogP contribution in [-0.2, 0) is 13.6 Å². The van der Waals surface area contributed by atoms with Gasteiger partial charge in [0.15, 0.2) is 5.16 Å². The van der Waals surface area contributed by atoms with Crippen molar-refractivity contribution in [1.29, 1.82) is 0 Å². The fourth-order valence-electron chi connectivity index (χ4n) is 1.81. The Bertz CT molecular complexity index is 566. The second kappa shape index (κ2) is 7.29. The Morgan fingerprint density at radius 3 is 2.85 bits per heavy atom. The Hall–Kier alpha value is -0.780. The van der Waals surface area contributed by atoms with E-state index in [1.807, 2.05) is 24.0 Å². The van der Waals surface area contributed by atoms with Crippen LogP contribution >= 0.6 is 27.7 Å². The van der Waals surface area contributed by atoms with E-state index in [1.165, 1.54) is 10.5 Å². The third-order valence-electron chi connectivity index (χ3n) is 2.88. The van der Waals surface area contributed by atoms with Gasteiger partial charge in [-0.25, -0.2) is 4.98 Å². The molecule has 0 unspecified atom stereocenters. The van der Waals surface area contributed by atoms with Crippen LogP contribution in [0.2, 0.25) is 0 Å². The molecule has 108 valence electrons. The maximum atomic E-state index is 4.38. The highest BCUT2D eigenvalue weighted by Gasteiger charge is 2.08. The molecule has 0 radical (unpaired) electrons. The Labute approximate surface area is 133 Å². The van der Waals surface area contributed by atoms with Crippen molar-refractivity contribution in [3.8, 4) is 0 Å². The summed E-state index contributed by atoms with van der Waals surface area (Å²) in [6, 6.07) is 6.42. The number of aromatic nitrogens is 2. The lowest BCUT2D eigenvalue weighted by molar-refractivity contribution is 0.550. The largest absolute Gasteiger partial charge is 0.329 e. The molecular formula is C15H20BrN3S. The Morgan fingerprint density at radius 2 is 2.20 bits per heavy atom. The van der Waals surface area contributed by atoms with E-state index in [9.17, 15) is 0 Å². The summed E-state index contributed by atoms with van der Waals surface area (Å²) in [7, 11) is 2.02. The molecule has 1 aromatic carbocycles. The molecule has 5 heteroatoms. The molecule has 0 saturated carbocycles. The molecule has 20 heavy (non-hydrogen) atoms. The van der Waals surface area contributed by atoms with Crippen LogP contribution in [0.4, 0.5) is 0 Å². The summed E-state index contributed by atoms with van der Waals surface area (Å²) >= 11 is 5.25. The second-order valence-corrected chi connectivity index (χ2v) is 7.12. The van der Waals surface area contributed by atoms with Crippen molar-refractivity contribution in [1.82, 2.24) is 14.9 Å². The molecule has 0 aliphatic heterocycles. The summed E-state index contributed by atoms with van der Waals surface area (Å²) in [5, 5.41) is 4.51. The average Bonchev–Trinajstić information content (AvgIpc) is 2.77. The highest BCUT2D eigenvalue weighted by atomic mass is 79.9. The minimum atomic E-state index is 0.663. The first-order valence-electron chi connectivity index (χ1n) is 6.70. The van der Waals surface area contributed by atoms with Crippen molar-refractivity contribution in [2.24, 2.45) is 13.0 Å². The lowest BCUT2D eigenvalue weighted by atomic mass is 10.2. The fourth-order valence-corrected chi connectivity index (χ4v) is 3.30. The minimum Gasteiger partial charge on any atom is -0.329 e. The van der Waals surface area contributed by atoms with Crippen molar-refractivity contribution >= 4 is 27.7 Å². The predicted molar refractivity (Wildman–Crippen MR) is 88.0 cm³/mol. The molecule has 2 aromatic rings. The first-order valence-corrected chi connectivity index (χ1v) is 8.31. The Morgan fingerprint density at radius 1 is 1.40 bits per heavy atom. The lowest BCUT2D eigenvalue weighted by Gasteiger charge is -2.12. The molecular weight excluding hydrogens is 334 g/mol. The van der Waals surface area contributed by atoms with Crippen LogP contribution in [0.15, 0.2) is 45.1 Å². The quantitative estimate of drug-likeness (QED) is 0.848. The average molecular weight is 354 g/mol. The molecule has 2 rings (SSSR count). The van der Waals surface area contributed by atoms with Gasteiger partial charge in [0.2, 0.25) is 0 Å². The minimum absolute atomic E-state index is 0.663. The van der Waals surface area contributed by atoms with Gasteiger partial charge in [0.25, 0.3) is 0 Å². The molecule has 1 N–H and O–H groups in total. The smallest absolute Gasteiger partial charge is 0.172 e. The van der Waals surface area contributed by atoms with Crippen LogP contribution in [-0.4, -0.2) is 16.1 Å². The lowest BCUT2D eigenvalue weighted by Crippen LogP contribution is -2.19. The molecule has 3 nitrogen and oxygen atoms in total. The number of imidazole rings is 1. The van der Waals surface area contributed by atoms with E-state index < -0.39 is 0 Å². The molecule has 0 saturated heterocycles. The van der Waals surface area contributed by atoms with Gasteiger partial charge in [-0.3, -0.25) is 0 Å². The van der Waals surface area contributed by atoms with E-state index in [-0.39, 0.29) is 0 Å². The number of nitrogens with one attached hydrogen (secondary N) is 1. The van der Waals surface area contributed by atoms with Gasteiger partial charge in [-0.2, -0.15) is 0 Å². The van der Waals surface area contributed by atoms with Gasteiger partial charge in [-0.05, 0) is 30.2 Å².